The number of hydrogen-bond acceptors (Lipinski definition) is 4. The van der Waals surface area contributed by atoms with Crippen LogP contribution in [0.5, 0.6) is 0 Å². The third kappa shape index (κ3) is 3.97. The summed E-state index contributed by atoms with van der Waals surface area (Å²) >= 11 is 0. The maximum Gasteiger partial charge on any atom is 0.269 e. The zero-order valence-electron chi connectivity index (χ0n) is 15.3. The van der Waals surface area contributed by atoms with Crippen molar-refractivity contribution in [3.8, 4) is 0 Å². The summed E-state index contributed by atoms with van der Waals surface area (Å²) in [7, 11) is 0. The highest BCUT2D eigenvalue weighted by Gasteiger charge is 2.24. The van der Waals surface area contributed by atoms with Crippen molar-refractivity contribution in [3.63, 3.8) is 0 Å². The Balaban J connectivity index is 1.82. The minimum atomic E-state index is -0.508. The van der Waals surface area contributed by atoms with E-state index in [4.69, 9.17) is 0 Å². The fraction of sp³-hybridized carbons (Fsp3) is 0.300. The molecule has 27 heavy (non-hydrogen) atoms. The van der Waals surface area contributed by atoms with Gasteiger partial charge in [-0.15, -0.1) is 0 Å². The summed E-state index contributed by atoms with van der Waals surface area (Å²) in [4.78, 5) is 36.9. The number of anilines is 2. The molecule has 3 rings (SSSR count). The van der Waals surface area contributed by atoms with Crippen molar-refractivity contribution in [3.05, 3.63) is 63.7 Å². The van der Waals surface area contributed by atoms with Crippen LogP contribution < -0.4 is 10.2 Å². The number of nitrogens with one attached hydrogen (secondary N) is 1. The van der Waals surface area contributed by atoms with Gasteiger partial charge in [-0.1, -0.05) is 19.9 Å². The Labute approximate surface area is 157 Å². The van der Waals surface area contributed by atoms with Gasteiger partial charge in [-0.25, -0.2) is 0 Å². The number of benzene rings is 2. The first-order chi connectivity index (χ1) is 12.9. The SMILES string of the molecule is CC(C)C(=O)N1CCCc2ccc(NC(=O)c3ccc([N+](=O)[O-])cc3)cc21. The van der Waals surface area contributed by atoms with Crippen LogP contribution in [0.15, 0.2) is 42.5 Å². The van der Waals surface area contributed by atoms with Crippen molar-refractivity contribution >= 4 is 28.9 Å². The number of nitro groups is 1. The quantitative estimate of drug-likeness (QED) is 0.657. The summed E-state index contributed by atoms with van der Waals surface area (Å²) in [5.41, 5.74) is 2.77. The monoisotopic (exact) mass is 367 g/mol. The molecule has 0 saturated heterocycles. The third-order valence-electron chi connectivity index (χ3n) is 4.56. The fourth-order valence-corrected chi connectivity index (χ4v) is 3.13. The highest BCUT2D eigenvalue weighted by Crippen LogP contribution is 2.31. The lowest BCUT2D eigenvalue weighted by Gasteiger charge is -2.31. The maximum atomic E-state index is 12.5. The van der Waals surface area contributed by atoms with Gasteiger partial charge in [0.2, 0.25) is 5.91 Å². The molecule has 2 amide bonds. The van der Waals surface area contributed by atoms with E-state index in [1.807, 2.05) is 32.0 Å². The average molecular weight is 367 g/mol. The number of aryl methyl sites for hydroxylation is 1. The van der Waals surface area contributed by atoms with Crippen molar-refractivity contribution in [2.24, 2.45) is 5.92 Å². The zero-order chi connectivity index (χ0) is 19.6. The second-order valence-electron chi connectivity index (χ2n) is 6.85. The lowest BCUT2D eigenvalue weighted by molar-refractivity contribution is -0.384. The summed E-state index contributed by atoms with van der Waals surface area (Å²) in [5, 5.41) is 13.5. The Kier molecular flexibility index (Phi) is 5.21. The fourth-order valence-electron chi connectivity index (χ4n) is 3.13. The van der Waals surface area contributed by atoms with E-state index in [0.29, 0.717) is 17.8 Å². The van der Waals surface area contributed by atoms with Crippen LogP contribution in [0.1, 0.15) is 36.2 Å². The number of hydrogen-bond donors (Lipinski definition) is 1. The number of nitro benzene ring substituents is 1. The first kappa shape index (κ1) is 18.6. The van der Waals surface area contributed by atoms with Gasteiger partial charge >= 0.3 is 0 Å². The largest absolute Gasteiger partial charge is 0.322 e. The van der Waals surface area contributed by atoms with Crippen molar-refractivity contribution in [2.45, 2.75) is 26.7 Å². The minimum absolute atomic E-state index is 0.0646. The van der Waals surface area contributed by atoms with Gasteiger partial charge in [-0.2, -0.15) is 0 Å². The lowest BCUT2D eigenvalue weighted by atomic mass is 9.99. The Hall–Kier alpha value is -3.22. The van der Waals surface area contributed by atoms with Gasteiger partial charge in [0.25, 0.3) is 11.6 Å². The Morgan fingerprint density at radius 2 is 1.85 bits per heavy atom. The standard InChI is InChI=1S/C20H21N3O4/c1-13(2)20(25)22-11-3-4-14-5-8-16(12-18(14)22)21-19(24)15-6-9-17(10-7-15)23(26)27/h5-10,12-13H,3-4,11H2,1-2H3,(H,21,24). The van der Waals surface area contributed by atoms with Gasteiger partial charge in [-0.3, -0.25) is 19.7 Å². The van der Waals surface area contributed by atoms with Crippen molar-refractivity contribution < 1.29 is 14.5 Å². The summed E-state index contributed by atoms with van der Waals surface area (Å²) in [6.07, 6.45) is 1.81. The molecule has 0 aromatic heterocycles. The molecule has 7 heteroatoms. The van der Waals surface area contributed by atoms with Crippen molar-refractivity contribution in [1.82, 2.24) is 0 Å². The summed E-state index contributed by atoms with van der Waals surface area (Å²) < 4.78 is 0. The molecule has 0 fully saturated rings. The molecule has 0 atom stereocenters. The third-order valence-corrected chi connectivity index (χ3v) is 4.56. The summed E-state index contributed by atoms with van der Waals surface area (Å²) in [5.74, 6) is -0.397. The van der Waals surface area contributed by atoms with Gasteiger partial charge in [0.1, 0.15) is 0 Å². The normalized spacial score (nSPS) is 13.2. The van der Waals surface area contributed by atoms with Crippen molar-refractivity contribution in [1.29, 1.82) is 0 Å². The highest BCUT2D eigenvalue weighted by atomic mass is 16.6. The highest BCUT2D eigenvalue weighted by molar-refractivity contribution is 6.05. The second kappa shape index (κ2) is 7.57. The zero-order valence-corrected chi connectivity index (χ0v) is 15.3. The van der Waals surface area contributed by atoms with Gasteiger partial charge in [-0.05, 0) is 42.7 Å². The van der Waals surface area contributed by atoms with Crippen LogP contribution in [0.4, 0.5) is 17.1 Å². The smallest absolute Gasteiger partial charge is 0.269 e. The van der Waals surface area contributed by atoms with E-state index < -0.39 is 4.92 Å². The predicted molar refractivity (Wildman–Crippen MR) is 103 cm³/mol. The van der Waals surface area contributed by atoms with Crippen LogP contribution in [-0.4, -0.2) is 23.3 Å². The molecule has 1 aliphatic rings. The number of nitrogens with zero attached hydrogens (tertiary/aromatic N) is 2. The van der Waals surface area contributed by atoms with Gasteiger partial charge in [0, 0.05) is 41.5 Å². The van der Waals surface area contributed by atoms with Crippen LogP contribution in [0, 0.1) is 16.0 Å². The summed E-state index contributed by atoms with van der Waals surface area (Å²) in [6.45, 7) is 4.41. The van der Waals surface area contributed by atoms with E-state index in [1.165, 1.54) is 24.3 Å². The predicted octanol–water partition coefficient (Wildman–Crippen LogP) is 3.78. The molecule has 1 aliphatic heterocycles. The number of fused-ring (bicyclic) bond motifs is 1. The molecule has 2 aromatic carbocycles. The molecule has 7 nitrogen and oxygen atoms in total. The molecular formula is C20H21N3O4. The topological polar surface area (TPSA) is 92.6 Å². The molecule has 1 heterocycles. The van der Waals surface area contributed by atoms with E-state index in [0.717, 1.165) is 24.1 Å². The molecule has 0 saturated carbocycles. The van der Waals surface area contributed by atoms with Gasteiger partial charge in [0.15, 0.2) is 0 Å². The molecular weight excluding hydrogens is 346 g/mol. The van der Waals surface area contributed by atoms with E-state index in [2.05, 4.69) is 5.32 Å². The summed E-state index contributed by atoms with van der Waals surface area (Å²) in [6, 6.07) is 11.0. The molecule has 0 aliphatic carbocycles. The van der Waals surface area contributed by atoms with Gasteiger partial charge < -0.3 is 10.2 Å². The molecule has 0 unspecified atom stereocenters. The number of amides is 2. The number of non-ortho nitro benzene ring substituents is 1. The molecule has 0 radical (unpaired) electrons. The maximum absolute atomic E-state index is 12.5. The van der Waals surface area contributed by atoms with Crippen LogP contribution in [0.2, 0.25) is 0 Å². The first-order valence-electron chi connectivity index (χ1n) is 8.87. The molecule has 0 bridgehead atoms. The Morgan fingerprint density at radius 1 is 1.15 bits per heavy atom. The second-order valence-corrected chi connectivity index (χ2v) is 6.85. The molecule has 140 valence electrons. The van der Waals surface area contributed by atoms with Crippen LogP contribution in [0.25, 0.3) is 0 Å². The Morgan fingerprint density at radius 3 is 2.48 bits per heavy atom. The minimum Gasteiger partial charge on any atom is -0.322 e. The van der Waals surface area contributed by atoms with Crippen LogP contribution in [0.3, 0.4) is 0 Å². The number of carbonyl (C=O) groups is 2. The first-order valence-corrected chi connectivity index (χ1v) is 8.87. The molecule has 1 N–H and O–H groups in total. The van der Waals surface area contributed by atoms with E-state index in [9.17, 15) is 19.7 Å². The van der Waals surface area contributed by atoms with Crippen LogP contribution >= 0.6 is 0 Å². The van der Waals surface area contributed by atoms with E-state index in [1.54, 1.807) is 4.90 Å². The van der Waals surface area contributed by atoms with Crippen LogP contribution in [-0.2, 0) is 11.2 Å². The molecule has 0 spiro atoms. The lowest BCUT2D eigenvalue weighted by Crippen LogP contribution is -2.38. The number of rotatable bonds is 4. The van der Waals surface area contributed by atoms with Gasteiger partial charge in [0.05, 0.1) is 4.92 Å². The van der Waals surface area contributed by atoms with Crippen molar-refractivity contribution in [2.75, 3.05) is 16.8 Å². The van der Waals surface area contributed by atoms with E-state index in [-0.39, 0.29) is 23.4 Å². The molecule has 2 aromatic rings. The number of carbonyl (C=O) groups excluding carboxylic acids is 2. The van der Waals surface area contributed by atoms with E-state index >= 15 is 0 Å². The average Bonchev–Trinajstić information content (AvgIpc) is 2.66. The Bertz CT molecular complexity index is 891.